The number of carbonyl (C=O) groups excluding carboxylic acids is 2. The molecule has 3 amide bonds. The lowest BCUT2D eigenvalue weighted by Gasteiger charge is -2.06. The van der Waals surface area contributed by atoms with Crippen molar-refractivity contribution in [2.45, 2.75) is 13.5 Å². The maximum absolute atomic E-state index is 11.6. The Labute approximate surface area is 128 Å². The van der Waals surface area contributed by atoms with Crippen molar-refractivity contribution in [1.82, 2.24) is 25.7 Å². The average Bonchev–Trinajstić information content (AvgIpc) is 2.99. The summed E-state index contributed by atoms with van der Waals surface area (Å²) < 4.78 is 1.76. The van der Waals surface area contributed by atoms with E-state index in [1.807, 2.05) is 36.5 Å². The standard InChI is InChI=1S/C15H19N5O2/c1-12(21)16-7-8-17-15(22)18-9-13-10-19-20(11-13)14-5-3-2-4-6-14/h2-6,10-11H,7-9H2,1H3,(H,16,21)(H2,17,18,22). The van der Waals surface area contributed by atoms with Gasteiger partial charge in [-0.25, -0.2) is 9.48 Å². The van der Waals surface area contributed by atoms with Crippen molar-refractivity contribution < 1.29 is 9.59 Å². The molecule has 116 valence electrons. The number of benzene rings is 1. The predicted octanol–water partition coefficient (Wildman–Crippen LogP) is 0.808. The van der Waals surface area contributed by atoms with Gasteiger partial charge in [-0.3, -0.25) is 4.79 Å². The van der Waals surface area contributed by atoms with E-state index in [4.69, 9.17) is 0 Å². The number of rotatable bonds is 6. The molecule has 0 atom stereocenters. The maximum Gasteiger partial charge on any atom is 0.315 e. The number of hydrogen-bond donors (Lipinski definition) is 3. The first-order chi connectivity index (χ1) is 10.6. The smallest absolute Gasteiger partial charge is 0.315 e. The summed E-state index contributed by atoms with van der Waals surface area (Å²) in [5.41, 5.74) is 1.87. The second-order valence-electron chi connectivity index (χ2n) is 4.72. The third-order valence-electron chi connectivity index (χ3n) is 2.89. The minimum absolute atomic E-state index is 0.115. The summed E-state index contributed by atoms with van der Waals surface area (Å²) in [5, 5.41) is 12.2. The van der Waals surface area contributed by atoms with Gasteiger partial charge in [0.25, 0.3) is 0 Å². The molecule has 7 nitrogen and oxygen atoms in total. The molecule has 0 bridgehead atoms. The van der Waals surface area contributed by atoms with Crippen LogP contribution in [-0.2, 0) is 11.3 Å². The number of urea groups is 1. The van der Waals surface area contributed by atoms with E-state index in [2.05, 4.69) is 21.0 Å². The lowest BCUT2D eigenvalue weighted by atomic mass is 10.3. The number of aromatic nitrogens is 2. The van der Waals surface area contributed by atoms with E-state index < -0.39 is 0 Å². The molecule has 22 heavy (non-hydrogen) atoms. The summed E-state index contributed by atoms with van der Waals surface area (Å²) >= 11 is 0. The van der Waals surface area contributed by atoms with Crippen LogP contribution in [0, 0.1) is 0 Å². The SMILES string of the molecule is CC(=O)NCCNC(=O)NCc1cnn(-c2ccccc2)c1. The lowest BCUT2D eigenvalue weighted by Crippen LogP contribution is -2.39. The van der Waals surface area contributed by atoms with E-state index in [1.54, 1.807) is 10.9 Å². The van der Waals surface area contributed by atoms with Gasteiger partial charge in [-0.05, 0) is 12.1 Å². The Bertz CT molecular complexity index is 624. The van der Waals surface area contributed by atoms with Crippen molar-refractivity contribution in [1.29, 1.82) is 0 Å². The maximum atomic E-state index is 11.6. The van der Waals surface area contributed by atoms with E-state index in [0.717, 1.165) is 11.3 Å². The first-order valence-corrected chi connectivity index (χ1v) is 7.00. The second kappa shape index (κ2) is 7.82. The molecule has 0 aliphatic carbocycles. The van der Waals surface area contributed by atoms with Crippen LogP contribution in [0.25, 0.3) is 5.69 Å². The van der Waals surface area contributed by atoms with Crippen LogP contribution < -0.4 is 16.0 Å². The zero-order valence-corrected chi connectivity index (χ0v) is 12.4. The number of hydrogen-bond acceptors (Lipinski definition) is 3. The summed E-state index contributed by atoms with van der Waals surface area (Å²) in [5.74, 6) is -0.115. The van der Waals surface area contributed by atoms with Crippen LogP contribution in [0.2, 0.25) is 0 Å². The third kappa shape index (κ3) is 4.93. The fraction of sp³-hybridized carbons (Fsp3) is 0.267. The van der Waals surface area contributed by atoms with Gasteiger partial charge >= 0.3 is 6.03 Å². The van der Waals surface area contributed by atoms with Crippen LogP contribution in [0.5, 0.6) is 0 Å². The largest absolute Gasteiger partial charge is 0.355 e. The van der Waals surface area contributed by atoms with Gasteiger partial charge in [-0.15, -0.1) is 0 Å². The van der Waals surface area contributed by atoms with Crippen molar-refractivity contribution >= 4 is 11.9 Å². The third-order valence-corrected chi connectivity index (χ3v) is 2.89. The van der Waals surface area contributed by atoms with Crippen LogP contribution in [0.15, 0.2) is 42.7 Å². The molecule has 2 aromatic rings. The Hall–Kier alpha value is -2.83. The highest BCUT2D eigenvalue weighted by molar-refractivity contribution is 5.74. The van der Waals surface area contributed by atoms with E-state index >= 15 is 0 Å². The summed E-state index contributed by atoms with van der Waals surface area (Å²) in [6, 6.07) is 9.46. The topological polar surface area (TPSA) is 88.1 Å². The Morgan fingerprint density at radius 3 is 2.55 bits per heavy atom. The summed E-state index contributed by atoms with van der Waals surface area (Å²) in [6.45, 7) is 2.62. The highest BCUT2D eigenvalue weighted by Crippen LogP contribution is 2.07. The number of para-hydroxylation sites is 1. The van der Waals surface area contributed by atoms with Crippen molar-refractivity contribution in [2.75, 3.05) is 13.1 Å². The van der Waals surface area contributed by atoms with Gasteiger partial charge in [0.05, 0.1) is 11.9 Å². The molecule has 0 aliphatic rings. The molecule has 1 aromatic heterocycles. The van der Waals surface area contributed by atoms with Gasteiger partial charge < -0.3 is 16.0 Å². The van der Waals surface area contributed by atoms with Crippen LogP contribution >= 0.6 is 0 Å². The molecule has 2 rings (SSSR count). The summed E-state index contributed by atoms with van der Waals surface area (Å²) in [4.78, 5) is 22.2. The lowest BCUT2D eigenvalue weighted by molar-refractivity contribution is -0.118. The zero-order chi connectivity index (χ0) is 15.8. The molecule has 0 fully saturated rings. The van der Waals surface area contributed by atoms with Crippen molar-refractivity contribution in [2.24, 2.45) is 0 Å². The molecule has 0 saturated heterocycles. The number of amides is 3. The second-order valence-corrected chi connectivity index (χ2v) is 4.72. The Kier molecular flexibility index (Phi) is 5.53. The molecule has 7 heteroatoms. The molecule has 0 unspecified atom stereocenters. The molecule has 3 N–H and O–H groups in total. The molecule has 1 aromatic carbocycles. The van der Waals surface area contributed by atoms with Gasteiger partial charge in [0.2, 0.25) is 5.91 Å². The normalized spacial score (nSPS) is 10.0. The van der Waals surface area contributed by atoms with Crippen molar-refractivity contribution in [3.63, 3.8) is 0 Å². The number of nitrogens with one attached hydrogen (secondary N) is 3. The molecular weight excluding hydrogens is 282 g/mol. The highest BCUT2D eigenvalue weighted by Gasteiger charge is 2.03. The first kappa shape index (κ1) is 15.6. The minimum Gasteiger partial charge on any atom is -0.355 e. The quantitative estimate of drug-likeness (QED) is 0.690. The van der Waals surface area contributed by atoms with Gasteiger partial charge in [0.1, 0.15) is 0 Å². The Morgan fingerprint density at radius 2 is 1.82 bits per heavy atom. The minimum atomic E-state index is -0.280. The van der Waals surface area contributed by atoms with Gasteiger partial charge in [-0.2, -0.15) is 5.10 Å². The number of nitrogens with zero attached hydrogens (tertiary/aromatic N) is 2. The first-order valence-electron chi connectivity index (χ1n) is 7.00. The fourth-order valence-corrected chi connectivity index (χ4v) is 1.83. The van der Waals surface area contributed by atoms with E-state index in [9.17, 15) is 9.59 Å². The monoisotopic (exact) mass is 301 g/mol. The number of carbonyl (C=O) groups is 2. The molecule has 1 heterocycles. The highest BCUT2D eigenvalue weighted by atomic mass is 16.2. The summed E-state index contributed by atoms with van der Waals surface area (Å²) in [7, 11) is 0. The molecular formula is C15H19N5O2. The van der Waals surface area contributed by atoms with Gasteiger partial charge in [0, 0.05) is 38.3 Å². The van der Waals surface area contributed by atoms with Gasteiger partial charge in [-0.1, -0.05) is 18.2 Å². The zero-order valence-electron chi connectivity index (χ0n) is 12.4. The fourth-order valence-electron chi connectivity index (χ4n) is 1.83. The van der Waals surface area contributed by atoms with Crippen LogP contribution in [0.1, 0.15) is 12.5 Å². The van der Waals surface area contributed by atoms with Crippen LogP contribution in [-0.4, -0.2) is 34.8 Å². The van der Waals surface area contributed by atoms with Crippen LogP contribution in [0.4, 0.5) is 4.79 Å². The molecule has 0 aliphatic heterocycles. The molecule has 0 spiro atoms. The van der Waals surface area contributed by atoms with E-state index in [-0.39, 0.29) is 11.9 Å². The summed E-state index contributed by atoms with van der Waals surface area (Å²) in [6.07, 6.45) is 3.58. The van der Waals surface area contributed by atoms with Crippen molar-refractivity contribution in [3.05, 3.63) is 48.3 Å². The Balaban J connectivity index is 1.74. The molecule has 0 radical (unpaired) electrons. The van der Waals surface area contributed by atoms with E-state index in [1.165, 1.54) is 6.92 Å². The average molecular weight is 301 g/mol. The predicted molar refractivity (Wildman–Crippen MR) is 82.5 cm³/mol. The van der Waals surface area contributed by atoms with Crippen molar-refractivity contribution in [3.8, 4) is 5.69 Å². The van der Waals surface area contributed by atoms with Crippen LogP contribution in [0.3, 0.4) is 0 Å². The molecule has 0 saturated carbocycles. The van der Waals surface area contributed by atoms with Gasteiger partial charge in [0.15, 0.2) is 0 Å². The van der Waals surface area contributed by atoms with E-state index in [0.29, 0.717) is 19.6 Å². The Morgan fingerprint density at radius 1 is 1.09 bits per heavy atom.